The van der Waals surface area contributed by atoms with Gasteiger partial charge in [0, 0.05) is 29.5 Å². The average molecular weight is 433 g/mol. The smallest absolute Gasteiger partial charge is 0.392 e. The molecule has 0 saturated carbocycles. The van der Waals surface area contributed by atoms with E-state index in [2.05, 4.69) is 20.4 Å². The number of hydrogen-bond donors (Lipinski definition) is 4. The number of aliphatic hydroxyl groups excluding tert-OH is 1. The molecule has 1 aromatic carbocycles. The highest BCUT2D eigenvalue weighted by atomic mass is 16.3. The molecule has 3 aromatic heterocycles. The third-order valence-electron chi connectivity index (χ3n) is 5.83. The first-order valence-corrected chi connectivity index (χ1v) is 10.7. The predicted octanol–water partition coefficient (Wildman–Crippen LogP) is 0.961. The number of fused-ring (bicyclic) bond motifs is 1. The van der Waals surface area contributed by atoms with Crippen LogP contribution in [0.15, 0.2) is 47.3 Å². The van der Waals surface area contributed by atoms with Crippen LogP contribution in [0.1, 0.15) is 17.8 Å². The lowest BCUT2D eigenvalue weighted by molar-refractivity contribution is -0.516. The van der Waals surface area contributed by atoms with Crippen LogP contribution in [0.4, 0.5) is 5.95 Å². The fourth-order valence-electron chi connectivity index (χ4n) is 4.49. The summed E-state index contributed by atoms with van der Waals surface area (Å²) in [5, 5.41) is 16.3. The predicted molar refractivity (Wildman–Crippen MR) is 121 cm³/mol. The molecule has 0 radical (unpaired) electrons. The third kappa shape index (κ3) is 3.55. The highest BCUT2D eigenvalue weighted by molar-refractivity contribution is 5.88. The molecule has 4 aromatic rings. The molecule has 1 saturated heterocycles. The molecule has 9 heteroatoms. The molecule has 0 unspecified atom stereocenters. The number of nitrogens with zero attached hydrogens (tertiary/aromatic N) is 4. The summed E-state index contributed by atoms with van der Waals surface area (Å²) in [6.07, 6.45) is 0.188. The molecule has 1 aliphatic rings. The lowest BCUT2D eigenvalue weighted by Gasteiger charge is -2.10. The molecular formula is C23H26N7O2+. The summed E-state index contributed by atoms with van der Waals surface area (Å²) in [6, 6.07) is 13.7. The largest absolute Gasteiger partial charge is 0.428 e. The minimum absolute atomic E-state index is 0.00648. The second kappa shape index (κ2) is 7.85. The summed E-state index contributed by atoms with van der Waals surface area (Å²) in [6.45, 7) is 4.80. The number of nitrogen functional groups attached to an aromatic ring is 1. The van der Waals surface area contributed by atoms with Crippen LogP contribution in [0.25, 0.3) is 28.0 Å². The lowest BCUT2D eigenvalue weighted by atomic mass is 9.99. The number of pyridine rings is 1. The number of H-pyrrole nitrogens is 1. The maximum atomic E-state index is 13.3. The van der Waals surface area contributed by atoms with Crippen molar-refractivity contribution in [3.8, 4) is 22.4 Å². The SMILES string of the molecule is Cc1cc(-c2c(-c3ccccc3)nc(N)[n+]3c(=O)n(C[C@@H]4C[C@H](O)CN4)[nH]c23)cc(C)n1. The number of benzene rings is 1. The average Bonchev–Trinajstić information content (AvgIpc) is 3.31. The summed E-state index contributed by atoms with van der Waals surface area (Å²) in [7, 11) is 0. The summed E-state index contributed by atoms with van der Waals surface area (Å²) in [5.74, 6) is 0.115. The van der Waals surface area contributed by atoms with Crippen molar-refractivity contribution in [3.05, 3.63) is 64.3 Å². The second-order valence-corrected chi connectivity index (χ2v) is 8.38. The van der Waals surface area contributed by atoms with Gasteiger partial charge in [0.25, 0.3) is 0 Å². The molecule has 2 atom stereocenters. The number of anilines is 1. The number of hydrogen-bond acceptors (Lipinski definition) is 6. The van der Waals surface area contributed by atoms with E-state index in [1.165, 1.54) is 9.08 Å². The van der Waals surface area contributed by atoms with Crippen LogP contribution in [0, 0.1) is 13.8 Å². The van der Waals surface area contributed by atoms with Crippen LogP contribution < -0.4 is 21.1 Å². The fourth-order valence-corrected chi connectivity index (χ4v) is 4.49. The Kier molecular flexibility index (Phi) is 4.99. The van der Waals surface area contributed by atoms with Crippen LogP contribution >= 0.6 is 0 Å². The van der Waals surface area contributed by atoms with E-state index in [4.69, 9.17) is 5.73 Å². The van der Waals surface area contributed by atoms with E-state index in [-0.39, 0.29) is 17.7 Å². The van der Waals surface area contributed by atoms with Gasteiger partial charge in [-0.3, -0.25) is 4.98 Å². The second-order valence-electron chi connectivity index (χ2n) is 8.38. The number of nitrogens with two attached hydrogens (primary N) is 1. The summed E-state index contributed by atoms with van der Waals surface area (Å²) < 4.78 is 2.94. The van der Waals surface area contributed by atoms with Gasteiger partial charge in [-0.1, -0.05) is 30.3 Å². The highest BCUT2D eigenvalue weighted by Crippen LogP contribution is 2.33. The van der Waals surface area contributed by atoms with Gasteiger partial charge in [-0.25, -0.2) is 9.89 Å². The third-order valence-corrected chi connectivity index (χ3v) is 5.83. The van der Waals surface area contributed by atoms with Crippen molar-refractivity contribution in [2.75, 3.05) is 12.3 Å². The molecular weight excluding hydrogens is 406 g/mol. The summed E-state index contributed by atoms with van der Waals surface area (Å²) in [4.78, 5) is 22.4. The van der Waals surface area contributed by atoms with Gasteiger partial charge in [0.2, 0.25) is 5.65 Å². The molecule has 164 valence electrons. The molecule has 1 aliphatic heterocycles. The van der Waals surface area contributed by atoms with E-state index < -0.39 is 6.10 Å². The Morgan fingerprint density at radius 1 is 1.16 bits per heavy atom. The van der Waals surface area contributed by atoms with Crippen LogP contribution in [0.2, 0.25) is 0 Å². The minimum Gasteiger partial charge on any atom is -0.392 e. The van der Waals surface area contributed by atoms with E-state index in [1.807, 2.05) is 56.3 Å². The van der Waals surface area contributed by atoms with Crippen LogP contribution in [0.3, 0.4) is 0 Å². The molecule has 9 nitrogen and oxygen atoms in total. The monoisotopic (exact) mass is 432 g/mol. The van der Waals surface area contributed by atoms with Gasteiger partial charge in [-0.05, 0) is 38.0 Å². The van der Waals surface area contributed by atoms with Crippen molar-refractivity contribution in [1.82, 2.24) is 25.1 Å². The Morgan fingerprint density at radius 3 is 2.53 bits per heavy atom. The van der Waals surface area contributed by atoms with Crippen molar-refractivity contribution in [3.63, 3.8) is 0 Å². The Hall–Kier alpha value is -3.56. The van der Waals surface area contributed by atoms with Gasteiger partial charge in [0.05, 0.1) is 18.2 Å². The lowest BCUT2D eigenvalue weighted by Crippen LogP contribution is -2.45. The Balaban J connectivity index is 1.78. The Morgan fingerprint density at radius 2 is 1.88 bits per heavy atom. The highest BCUT2D eigenvalue weighted by Gasteiger charge is 2.29. The number of rotatable bonds is 4. The van der Waals surface area contributed by atoms with Gasteiger partial charge in [-0.2, -0.15) is 4.68 Å². The first-order chi connectivity index (χ1) is 15.4. The molecule has 0 spiro atoms. The van der Waals surface area contributed by atoms with Gasteiger partial charge in [-0.15, -0.1) is 9.38 Å². The number of nitrogens with one attached hydrogen (secondary N) is 2. The maximum absolute atomic E-state index is 13.3. The molecule has 5 rings (SSSR count). The van der Waals surface area contributed by atoms with Gasteiger partial charge in [0.1, 0.15) is 5.69 Å². The normalized spacial score (nSPS) is 18.5. The molecule has 0 bridgehead atoms. The molecule has 5 N–H and O–H groups in total. The zero-order valence-corrected chi connectivity index (χ0v) is 18.0. The van der Waals surface area contributed by atoms with E-state index in [0.29, 0.717) is 30.9 Å². The number of aromatic amines is 1. The topological polar surface area (TPSA) is 126 Å². The zero-order chi connectivity index (χ0) is 22.4. The number of aliphatic hydroxyl groups is 1. The molecule has 0 aliphatic carbocycles. The summed E-state index contributed by atoms with van der Waals surface area (Å²) in [5.41, 5.74) is 11.6. The van der Waals surface area contributed by atoms with Gasteiger partial charge >= 0.3 is 11.6 Å². The first-order valence-electron chi connectivity index (χ1n) is 10.7. The van der Waals surface area contributed by atoms with Crippen molar-refractivity contribution in [1.29, 1.82) is 0 Å². The standard InChI is InChI=1S/C23H25N7O2/c1-13-8-16(9-14(2)26-13)19-20(15-6-4-3-5-7-15)27-22(24)30-21(19)28-29(23(30)32)12-17-10-18(31)11-25-17/h3-9,17-18,25,31H,10-12H2,1-2H3,(H2,24,26,27,28)/p+1/t17-,18-/m0/s1. The van der Waals surface area contributed by atoms with Crippen molar-refractivity contribution in [2.45, 2.75) is 39.0 Å². The van der Waals surface area contributed by atoms with E-state index in [0.717, 1.165) is 28.1 Å². The Labute approximate surface area is 184 Å². The van der Waals surface area contributed by atoms with Crippen LogP contribution in [-0.4, -0.2) is 43.5 Å². The van der Waals surface area contributed by atoms with Crippen molar-refractivity contribution in [2.24, 2.45) is 0 Å². The van der Waals surface area contributed by atoms with E-state index >= 15 is 0 Å². The number of β-amino-alcohol motifs (C(OH)–C–C–N with tert-alkyl or cyclic N) is 1. The summed E-state index contributed by atoms with van der Waals surface area (Å²) >= 11 is 0. The van der Waals surface area contributed by atoms with Crippen LogP contribution in [0.5, 0.6) is 0 Å². The number of aryl methyl sites for hydroxylation is 2. The fraction of sp³-hybridized carbons (Fsp3) is 0.304. The molecule has 1 fully saturated rings. The van der Waals surface area contributed by atoms with Gasteiger partial charge < -0.3 is 16.2 Å². The Bertz CT molecular complexity index is 1340. The van der Waals surface area contributed by atoms with Crippen molar-refractivity contribution >= 4 is 11.6 Å². The minimum atomic E-state index is -0.400. The number of aromatic nitrogens is 5. The van der Waals surface area contributed by atoms with E-state index in [1.54, 1.807) is 0 Å². The van der Waals surface area contributed by atoms with E-state index in [9.17, 15) is 9.90 Å². The molecule has 32 heavy (non-hydrogen) atoms. The van der Waals surface area contributed by atoms with Gasteiger partial charge in [0.15, 0.2) is 0 Å². The van der Waals surface area contributed by atoms with Crippen molar-refractivity contribution < 1.29 is 9.51 Å². The van der Waals surface area contributed by atoms with Crippen LogP contribution in [-0.2, 0) is 6.54 Å². The molecule has 0 amide bonds. The zero-order valence-electron chi connectivity index (χ0n) is 18.0. The maximum Gasteiger partial charge on any atom is 0.428 e. The quantitative estimate of drug-likeness (QED) is 0.356. The first kappa shape index (κ1) is 20.3. The molecule has 4 heterocycles.